The maximum Gasteiger partial charge on any atom is 0.404 e. The number of hydrogen-bond acceptors (Lipinski definition) is 5. The summed E-state index contributed by atoms with van der Waals surface area (Å²) in [4.78, 5) is 10.4. The van der Waals surface area contributed by atoms with Crippen LogP contribution in [0.15, 0.2) is 23.1 Å². The van der Waals surface area contributed by atoms with Crippen molar-refractivity contribution in [3.05, 3.63) is 23.8 Å². The number of nitrogen functional groups attached to an aromatic ring is 1. The minimum absolute atomic E-state index is 0.0560. The van der Waals surface area contributed by atoms with E-state index in [0.29, 0.717) is 11.3 Å². The van der Waals surface area contributed by atoms with Crippen LogP contribution in [-0.2, 0) is 14.8 Å². The molecule has 0 saturated carbocycles. The van der Waals surface area contributed by atoms with Crippen LogP contribution in [0.5, 0.6) is 0 Å². The Balaban J connectivity index is 2.74. The minimum Gasteiger partial charge on any atom is -0.448 e. The van der Waals surface area contributed by atoms with Crippen molar-refractivity contribution in [1.29, 1.82) is 0 Å². The Hall–Kier alpha value is -1.80. The van der Waals surface area contributed by atoms with Crippen molar-refractivity contribution in [2.45, 2.75) is 11.8 Å². The average molecular weight is 273 g/mol. The van der Waals surface area contributed by atoms with Gasteiger partial charge in [0.15, 0.2) is 0 Å². The third kappa shape index (κ3) is 3.90. The number of nitrogens with two attached hydrogens (primary N) is 2. The Morgan fingerprint density at radius 2 is 2.11 bits per heavy atom. The Morgan fingerprint density at radius 1 is 1.44 bits per heavy atom. The summed E-state index contributed by atoms with van der Waals surface area (Å²) in [5.74, 6) is 0. The van der Waals surface area contributed by atoms with E-state index in [1.165, 1.54) is 6.07 Å². The molecular weight excluding hydrogens is 258 g/mol. The van der Waals surface area contributed by atoms with Gasteiger partial charge < -0.3 is 16.2 Å². The summed E-state index contributed by atoms with van der Waals surface area (Å²) in [6, 6.07) is 4.60. The van der Waals surface area contributed by atoms with Gasteiger partial charge in [0.25, 0.3) is 0 Å². The molecule has 0 saturated heterocycles. The number of ether oxygens (including phenoxy) is 1. The zero-order chi connectivity index (χ0) is 13.8. The van der Waals surface area contributed by atoms with Gasteiger partial charge in [-0.2, -0.15) is 0 Å². The first-order valence-electron chi connectivity index (χ1n) is 5.11. The monoisotopic (exact) mass is 273 g/mol. The van der Waals surface area contributed by atoms with Gasteiger partial charge in [0.2, 0.25) is 10.0 Å². The number of anilines is 1. The first-order valence-corrected chi connectivity index (χ1v) is 6.59. The highest BCUT2D eigenvalue weighted by molar-refractivity contribution is 7.89. The molecule has 5 N–H and O–H groups in total. The quantitative estimate of drug-likeness (QED) is 0.512. The largest absolute Gasteiger partial charge is 0.448 e. The molecule has 0 bridgehead atoms. The molecule has 1 aromatic carbocycles. The molecule has 0 atom stereocenters. The first-order chi connectivity index (χ1) is 8.33. The van der Waals surface area contributed by atoms with Crippen LogP contribution in [0.4, 0.5) is 10.5 Å². The van der Waals surface area contributed by atoms with Crippen LogP contribution in [-0.4, -0.2) is 27.7 Å². The van der Waals surface area contributed by atoms with Crippen LogP contribution in [0.2, 0.25) is 0 Å². The van der Waals surface area contributed by atoms with Crippen LogP contribution in [0.25, 0.3) is 0 Å². The minimum atomic E-state index is -3.67. The molecule has 8 heteroatoms. The summed E-state index contributed by atoms with van der Waals surface area (Å²) in [7, 11) is -3.67. The average Bonchev–Trinajstić information content (AvgIpc) is 2.27. The van der Waals surface area contributed by atoms with E-state index in [-0.39, 0.29) is 18.0 Å². The molecule has 1 amide bonds. The number of primary amides is 1. The highest BCUT2D eigenvalue weighted by Gasteiger charge is 2.16. The van der Waals surface area contributed by atoms with Crippen LogP contribution in [0, 0.1) is 6.92 Å². The lowest BCUT2D eigenvalue weighted by molar-refractivity contribution is 0.159. The molecule has 7 nitrogen and oxygen atoms in total. The molecule has 0 heterocycles. The smallest absolute Gasteiger partial charge is 0.404 e. The Labute approximate surface area is 105 Å². The van der Waals surface area contributed by atoms with E-state index in [2.05, 4.69) is 9.46 Å². The summed E-state index contributed by atoms with van der Waals surface area (Å²) in [6.07, 6.45) is -0.950. The fourth-order valence-electron chi connectivity index (χ4n) is 1.31. The second-order valence-corrected chi connectivity index (χ2v) is 5.33. The Morgan fingerprint density at radius 3 is 2.72 bits per heavy atom. The Kier molecular flexibility index (Phi) is 4.51. The zero-order valence-corrected chi connectivity index (χ0v) is 10.7. The van der Waals surface area contributed by atoms with Crippen molar-refractivity contribution in [3.8, 4) is 0 Å². The van der Waals surface area contributed by atoms with E-state index >= 15 is 0 Å². The predicted octanol–water partition coefficient (Wildman–Crippen LogP) is -0.0492. The van der Waals surface area contributed by atoms with Crippen LogP contribution in [0.1, 0.15) is 5.56 Å². The van der Waals surface area contributed by atoms with Gasteiger partial charge in [-0.1, -0.05) is 6.07 Å². The molecule has 0 aliphatic heterocycles. The summed E-state index contributed by atoms with van der Waals surface area (Å²) in [6.45, 7) is 1.48. The lowest BCUT2D eigenvalue weighted by Crippen LogP contribution is -2.29. The van der Waals surface area contributed by atoms with Gasteiger partial charge in [0, 0.05) is 12.2 Å². The van der Waals surface area contributed by atoms with Gasteiger partial charge in [-0.25, -0.2) is 17.9 Å². The van der Waals surface area contributed by atoms with E-state index in [9.17, 15) is 13.2 Å². The van der Waals surface area contributed by atoms with Crippen molar-refractivity contribution >= 4 is 21.8 Å². The van der Waals surface area contributed by atoms with E-state index in [4.69, 9.17) is 11.5 Å². The van der Waals surface area contributed by atoms with Crippen molar-refractivity contribution < 1.29 is 17.9 Å². The third-order valence-electron chi connectivity index (χ3n) is 2.14. The fourth-order valence-corrected chi connectivity index (χ4v) is 2.60. The SMILES string of the molecule is Cc1ccc(N)cc1S(=O)(=O)NCCOC(N)=O. The lowest BCUT2D eigenvalue weighted by atomic mass is 10.2. The number of carbonyl (C=O) groups excluding carboxylic acids is 1. The molecule has 0 spiro atoms. The number of nitrogens with one attached hydrogen (secondary N) is 1. The van der Waals surface area contributed by atoms with E-state index in [0.717, 1.165) is 0 Å². The molecule has 100 valence electrons. The number of carbonyl (C=O) groups is 1. The third-order valence-corrected chi connectivity index (χ3v) is 3.74. The molecule has 0 aliphatic carbocycles. The molecule has 0 aromatic heterocycles. The van der Waals surface area contributed by atoms with Gasteiger partial charge in [0.05, 0.1) is 4.90 Å². The standard InChI is InChI=1S/C10H15N3O4S/c1-7-2-3-8(11)6-9(7)18(15,16)13-4-5-17-10(12)14/h2-3,6,13H,4-5,11H2,1H3,(H2,12,14). The normalized spacial score (nSPS) is 11.2. The summed E-state index contributed by atoms with van der Waals surface area (Å²) < 4.78 is 30.5. The van der Waals surface area contributed by atoms with Gasteiger partial charge >= 0.3 is 6.09 Å². The number of rotatable bonds is 5. The molecule has 0 aliphatic rings. The van der Waals surface area contributed by atoms with Crippen molar-refractivity contribution in [3.63, 3.8) is 0 Å². The summed E-state index contributed by atoms with van der Waals surface area (Å²) >= 11 is 0. The molecule has 0 radical (unpaired) electrons. The van der Waals surface area contributed by atoms with Gasteiger partial charge in [-0.3, -0.25) is 0 Å². The van der Waals surface area contributed by atoms with E-state index < -0.39 is 16.1 Å². The highest BCUT2D eigenvalue weighted by Crippen LogP contribution is 2.17. The Bertz CT molecular complexity index is 542. The van der Waals surface area contributed by atoms with Crippen LogP contribution in [0.3, 0.4) is 0 Å². The predicted molar refractivity (Wildman–Crippen MR) is 66.3 cm³/mol. The topological polar surface area (TPSA) is 125 Å². The molecule has 0 unspecified atom stereocenters. The van der Waals surface area contributed by atoms with Gasteiger partial charge in [-0.15, -0.1) is 0 Å². The maximum absolute atomic E-state index is 11.9. The van der Waals surface area contributed by atoms with Crippen LogP contribution >= 0.6 is 0 Å². The maximum atomic E-state index is 11.9. The summed E-state index contributed by atoms with van der Waals surface area (Å²) in [5.41, 5.74) is 11.2. The molecule has 18 heavy (non-hydrogen) atoms. The van der Waals surface area contributed by atoms with Crippen molar-refractivity contribution in [1.82, 2.24) is 4.72 Å². The molecular formula is C10H15N3O4S. The number of sulfonamides is 1. The fraction of sp³-hybridized carbons (Fsp3) is 0.300. The highest BCUT2D eigenvalue weighted by atomic mass is 32.2. The van der Waals surface area contributed by atoms with Gasteiger partial charge in [0.1, 0.15) is 6.61 Å². The zero-order valence-electron chi connectivity index (χ0n) is 9.84. The van der Waals surface area contributed by atoms with Crippen molar-refractivity contribution in [2.75, 3.05) is 18.9 Å². The number of amides is 1. The van der Waals surface area contributed by atoms with Crippen molar-refractivity contribution in [2.24, 2.45) is 5.73 Å². The number of aryl methyl sites for hydroxylation is 1. The van der Waals surface area contributed by atoms with Crippen LogP contribution < -0.4 is 16.2 Å². The summed E-state index contributed by atoms with van der Waals surface area (Å²) in [5, 5.41) is 0. The number of hydrogen-bond donors (Lipinski definition) is 3. The lowest BCUT2D eigenvalue weighted by Gasteiger charge is -2.09. The first kappa shape index (κ1) is 14.3. The second-order valence-electron chi connectivity index (χ2n) is 3.59. The second kappa shape index (κ2) is 5.69. The number of benzene rings is 1. The van der Waals surface area contributed by atoms with E-state index in [1.54, 1.807) is 19.1 Å². The molecule has 1 rings (SSSR count). The van der Waals surface area contributed by atoms with E-state index in [1.807, 2.05) is 0 Å². The molecule has 0 fully saturated rings. The van der Waals surface area contributed by atoms with Gasteiger partial charge in [-0.05, 0) is 24.6 Å². The molecule has 1 aromatic rings.